The molecule has 7 nitrogen and oxygen atoms in total. The Balaban J connectivity index is 1.43. The van der Waals surface area contributed by atoms with E-state index in [1.807, 2.05) is 25.1 Å². The SMILES string of the molecule is C=CC(=O)NC1CCN(Cc2ccc(-c3nc4cc(C(N)=O)nc(C)c4cc3-c3ccccc3)cc2)CC1. The van der Waals surface area contributed by atoms with Gasteiger partial charge in [-0.05, 0) is 49.1 Å². The molecule has 7 heteroatoms. The van der Waals surface area contributed by atoms with E-state index in [0.717, 1.165) is 65.9 Å². The van der Waals surface area contributed by atoms with Gasteiger partial charge in [0.1, 0.15) is 5.69 Å². The highest BCUT2D eigenvalue weighted by molar-refractivity contribution is 5.98. The molecule has 0 aliphatic carbocycles. The zero-order valence-corrected chi connectivity index (χ0v) is 21.5. The summed E-state index contributed by atoms with van der Waals surface area (Å²) in [6.07, 6.45) is 3.19. The number of piperidine rings is 1. The van der Waals surface area contributed by atoms with Gasteiger partial charge < -0.3 is 11.1 Å². The van der Waals surface area contributed by atoms with Gasteiger partial charge in [-0.15, -0.1) is 0 Å². The molecule has 2 aromatic heterocycles. The molecular formula is C31H31N5O2. The van der Waals surface area contributed by atoms with E-state index in [9.17, 15) is 9.59 Å². The van der Waals surface area contributed by atoms with Crippen LogP contribution in [0, 0.1) is 6.92 Å². The summed E-state index contributed by atoms with van der Waals surface area (Å²) in [6, 6.07) is 22.7. The first kappa shape index (κ1) is 25.3. The van der Waals surface area contributed by atoms with E-state index >= 15 is 0 Å². The van der Waals surface area contributed by atoms with Crippen molar-refractivity contribution in [1.82, 2.24) is 20.2 Å². The molecule has 5 rings (SSSR count). The van der Waals surface area contributed by atoms with Gasteiger partial charge in [0, 0.05) is 47.9 Å². The van der Waals surface area contributed by atoms with Crippen LogP contribution in [0.3, 0.4) is 0 Å². The number of amides is 2. The van der Waals surface area contributed by atoms with Crippen LogP contribution < -0.4 is 11.1 Å². The van der Waals surface area contributed by atoms with E-state index < -0.39 is 5.91 Å². The zero-order valence-electron chi connectivity index (χ0n) is 21.5. The van der Waals surface area contributed by atoms with Gasteiger partial charge in [0.05, 0.1) is 11.2 Å². The van der Waals surface area contributed by atoms with Crippen molar-refractivity contribution in [2.24, 2.45) is 5.73 Å². The van der Waals surface area contributed by atoms with Gasteiger partial charge in [0.2, 0.25) is 5.91 Å². The summed E-state index contributed by atoms with van der Waals surface area (Å²) in [5, 5.41) is 3.89. The topological polar surface area (TPSA) is 101 Å². The number of hydrogen-bond donors (Lipinski definition) is 2. The summed E-state index contributed by atoms with van der Waals surface area (Å²) in [6.45, 7) is 8.12. The molecule has 0 spiro atoms. The van der Waals surface area contributed by atoms with Gasteiger partial charge in [-0.3, -0.25) is 14.5 Å². The van der Waals surface area contributed by atoms with Gasteiger partial charge in [0.25, 0.3) is 5.91 Å². The Morgan fingerprint density at radius 2 is 1.74 bits per heavy atom. The lowest BCUT2D eigenvalue weighted by Gasteiger charge is -2.32. The number of primary amides is 1. The summed E-state index contributed by atoms with van der Waals surface area (Å²) in [4.78, 5) is 35.2. The maximum atomic E-state index is 11.8. The van der Waals surface area contributed by atoms with E-state index in [1.54, 1.807) is 6.07 Å². The number of pyridine rings is 2. The molecule has 0 saturated carbocycles. The second-order valence-corrected chi connectivity index (χ2v) is 9.73. The number of fused-ring (bicyclic) bond motifs is 1. The van der Waals surface area contributed by atoms with Gasteiger partial charge in [-0.25, -0.2) is 9.97 Å². The van der Waals surface area contributed by atoms with Gasteiger partial charge in [-0.1, -0.05) is 61.2 Å². The van der Waals surface area contributed by atoms with Crippen LogP contribution in [0.4, 0.5) is 0 Å². The lowest BCUT2D eigenvalue weighted by atomic mass is 9.96. The van der Waals surface area contributed by atoms with Crippen molar-refractivity contribution in [3.63, 3.8) is 0 Å². The molecule has 1 aliphatic heterocycles. The predicted molar refractivity (Wildman–Crippen MR) is 150 cm³/mol. The number of carbonyl (C=O) groups is 2. The summed E-state index contributed by atoms with van der Waals surface area (Å²) in [5.41, 5.74) is 12.3. The minimum absolute atomic E-state index is 0.103. The first-order chi connectivity index (χ1) is 18.4. The normalized spacial score (nSPS) is 14.3. The second kappa shape index (κ2) is 10.9. The van der Waals surface area contributed by atoms with E-state index in [2.05, 4.69) is 64.2 Å². The summed E-state index contributed by atoms with van der Waals surface area (Å²) >= 11 is 0. The quantitative estimate of drug-likeness (QED) is 0.357. The average Bonchev–Trinajstić information content (AvgIpc) is 2.94. The minimum Gasteiger partial charge on any atom is -0.364 e. The number of likely N-dealkylation sites (tertiary alicyclic amines) is 1. The van der Waals surface area contributed by atoms with Crippen molar-refractivity contribution in [1.29, 1.82) is 0 Å². The average molecular weight is 506 g/mol. The molecule has 0 bridgehead atoms. The van der Waals surface area contributed by atoms with Crippen LogP contribution in [-0.2, 0) is 11.3 Å². The number of aromatic nitrogens is 2. The molecule has 2 amide bonds. The fourth-order valence-electron chi connectivity index (χ4n) is 5.04. The summed E-state index contributed by atoms with van der Waals surface area (Å²) in [7, 11) is 0. The number of nitrogens with one attached hydrogen (secondary N) is 1. The highest BCUT2D eigenvalue weighted by atomic mass is 16.1. The zero-order chi connectivity index (χ0) is 26.6. The lowest BCUT2D eigenvalue weighted by Crippen LogP contribution is -2.43. The first-order valence-corrected chi connectivity index (χ1v) is 12.8. The third-order valence-corrected chi connectivity index (χ3v) is 7.09. The molecule has 1 fully saturated rings. The van der Waals surface area contributed by atoms with Crippen molar-refractivity contribution in [2.45, 2.75) is 32.4 Å². The molecule has 1 aliphatic rings. The van der Waals surface area contributed by atoms with Crippen molar-refractivity contribution in [3.05, 3.63) is 96.3 Å². The van der Waals surface area contributed by atoms with E-state index in [4.69, 9.17) is 10.7 Å². The van der Waals surface area contributed by atoms with Crippen LogP contribution in [0.2, 0.25) is 0 Å². The summed E-state index contributed by atoms with van der Waals surface area (Å²) in [5.74, 6) is -0.671. The standard InChI is InChI=1S/C31H31N5O2/c1-3-29(37)34-24-13-15-36(16-14-24)19-21-9-11-23(12-10-21)30-26(22-7-5-4-6-8-22)17-25-20(2)33-28(31(32)38)18-27(25)35-30/h3-12,17-18,24H,1,13-16,19H2,2H3,(H2,32,38)(H,34,37). The van der Waals surface area contributed by atoms with Crippen LogP contribution in [0.1, 0.15) is 34.6 Å². The Morgan fingerprint density at radius 3 is 2.39 bits per heavy atom. The molecule has 3 heterocycles. The lowest BCUT2D eigenvalue weighted by molar-refractivity contribution is -0.117. The van der Waals surface area contributed by atoms with E-state index in [1.165, 1.54) is 11.6 Å². The molecule has 38 heavy (non-hydrogen) atoms. The Bertz CT molecular complexity index is 1490. The van der Waals surface area contributed by atoms with Gasteiger partial charge in [0.15, 0.2) is 0 Å². The number of rotatable bonds is 7. The molecule has 2 aromatic carbocycles. The Kier molecular flexibility index (Phi) is 7.29. The number of carbonyl (C=O) groups excluding carboxylic acids is 2. The fourth-order valence-corrected chi connectivity index (χ4v) is 5.04. The predicted octanol–water partition coefficient (Wildman–Crippen LogP) is 4.64. The van der Waals surface area contributed by atoms with Crippen LogP contribution in [0.25, 0.3) is 33.3 Å². The first-order valence-electron chi connectivity index (χ1n) is 12.8. The molecule has 0 atom stereocenters. The summed E-state index contributed by atoms with van der Waals surface area (Å²) < 4.78 is 0. The number of aryl methyl sites for hydroxylation is 1. The third kappa shape index (κ3) is 5.48. The number of hydrogen-bond acceptors (Lipinski definition) is 5. The van der Waals surface area contributed by atoms with Crippen molar-refractivity contribution >= 4 is 22.7 Å². The Hall–Kier alpha value is -4.36. The molecule has 3 N–H and O–H groups in total. The van der Waals surface area contributed by atoms with E-state index in [0.29, 0.717) is 5.52 Å². The number of benzene rings is 2. The maximum Gasteiger partial charge on any atom is 0.267 e. The fraction of sp³-hybridized carbons (Fsp3) is 0.226. The molecule has 192 valence electrons. The van der Waals surface area contributed by atoms with Crippen molar-refractivity contribution in [2.75, 3.05) is 13.1 Å². The minimum atomic E-state index is -0.568. The third-order valence-electron chi connectivity index (χ3n) is 7.09. The van der Waals surface area contributed by atoms with Crippen LogP contribution >= 0.6 is 0 Å². The monoisotopic (exact) mass is 505 g/mol. The van der Waals surface area contributed by atoms with Crippen molar-refractivity contribution < 1.29 is 9.59 Å². The molecule has 4 aromatic rings. The number of nitrogens with two attached hydrogens (primary N) is 1. The van der Waals surface area contributed by atoms with E-state index in [-0.39, 0.29) is 17.6 Å². The van der Waals surface area contributed by atoms with Crippen LogP contribution in [-0.4, -0.2) is 45.8 Å². The molecule has 1 saturated heterocycles. The molecular weight excluding hydrogens is 474 g/mol. The molecule has 0 unspecified atom stereocenters. The highest BCUT2D eigenvalue weighted by Crippen LogP contribution is 2.34. The Labute approximate surface area is 222 Å². The highest BCUT2D eigenvalue weighted by Gasteiger charge is 2.20. The second-order valence-electron chi connectivity index (χ2n) is 9.73. The van der Waals surface area contributed by atoms with Gasteiger partial charge >= 0.3 is 0 Å². The van der Waals surface area contributed by atoms with Gasteiger partial charge in [-0.2, -0.15) is 0 Å². The Morgan fingerprint density at radius 1 is 1.03 bits per heavy atom. The largest absolute Gasteiger partial charge is 0.364 e. The smallest absolute Gasteiger partial charge is 0.267 e. The maximum absolute atomic E-state index is 11.8. The van der Waals surface area contributed by atoms with Crippen LogP contribution in [0.5, 0.6) is 0 Å². The number of nitrogens with zero attached hydrogens (tertiary/aromatic N) is 3. The van der Waals surface area contributed by atoms with Crippen molar-refractivity contribution in [3.8, 4) is 22.4 Å². The molecule has 0 radical (unpaired) electrons. The van der Waals surface area contributed by atoms with Crippen LogP contribution in [0.15, 0.2) is 79.4 Å².